The van der Waals surface area contributed by atoms with Gasteiger partial charge >= 0.3 is 5.97 Å². The van der Waals surface area contributed by atoms with Crippen LogP contribution in [-0.2, 0) is 0 Å². The van der Waals surface area contributed by atoms with Gasteiger partial charge in [0.2, 0.25) is 0 Å². The second-order valence-corrected chi connectivity index (χ2v) is 4.26. The molecular formula is C8H10N2O2S. The SMILES string of the molecule is Nc1sc(C2CCC2)nc1C(=O)O. The van der Waals surface area contributed by atoms with Gasteiger partial charge in [-0.3, -0.25) is 0 Å². The highest BCUT2D eigenvalue weighted by Crippen LogP contribution is 2.39. The van der Waals surface area contributed by atoms with Gasteiger partial charge in [0.1, 0.15) is 5.00 Å². The van der Waals surface area contributed by atoms with Crippen LogP contribution < -0.4 is 5.73 Å². The van der Waals surface area contributed by atoms with Gasteiger partial charge in [0.05, 0.1) is 5.01 Å². The maximum atomic E-state index is 10.6. The number of nitrogens with zero attached hydrogens (tertiary/aromatic N) is 1. The fraction of sp³-hybridized carbons (Fsp3) is 0.500. The van der Waals surface area contributed by atoms with E-state index in [9.17, 15) is 4.79 Å². The molecule has 5 heteroatoms. The first-order chi connectivity index (χ1) is 6.18. The zero-order valence-corrected chi connectivity index (χ0v) is 7.80. The lowest BCUT2D eigenvalue weighted by Gasteiger charge is -2.22. The van der Waals surface area contributed by atoms with Crippen molar-refractivity contribution in [3.05, 3.63) is 10.7 Å². The fourth-order valence-corrected chi connectivity index (χ4v) is 2.33. The summed E-state index contributed by atoms with van der Waals surface area (Å²) >= 11 is 1.31. The van der Waals surface area contributed by atoms with E-state index in [-0.39, 0.29) is 5.69 Å². The minimum Gasteiger partial charge on any atom is -0.476 e. The quantitative estimate of drug-likeness (QED) is 0.758. The van der Waals surface area contributed by atoms with Crippen LogP contribution >= 0.6 is 11.3 Å². The van der Waals surface area contributed by atoms with Crippen LogP contribution in [0, 0.1) is 0 Å². The molecule has 1 aromatic rings. The van der Waals surface area contributed by atoms with Crippen LogP contribution in [0.5, 0.6) is 0 Å². The highest BCUT2D eigenvalue weighted by atomic mass is 32.1. The Hall–Kier alpha value is -1.10. The number of anilines is 1. The predicted molar refractivity (Wildman–Crippen MR) is 50.1 cm³/mol. The number of hydrogen-bond donors (Lipinski definition) is 2. The molecule has 0 amide bonds. The number of carboxylic acids is 1. The smallest absolute Gasteiger partial charge is 0.357 e. The maximum Gasteiger partial charge on any atom is 0.357 e. The molecule has 1 aliphatic carbocycles. The molecule has 1 heterocycles. The first kappa shape index (κ1) is 8.50. The molecule has 1 fully saturated rings. The Kier molecular flexibility index (Phi) is 1.95. The standard InChI is InChI=1S/C8H10N2O2S/c9-6-5(8(11)12)10-7(13-6)4-2-1-3-4/h4H,1-3,9H2,(H,11,12). The molecular weight excluding hydrogens is 188 g/mol. The average Bonchev–Trinajstić information content (AvgIpc) is 2.27. The summed E-state index contributed by atoms with van der Waals surface area (Å²) in [4.78, 5) is 14.7. The van der Waals surface area contributed by atoms with Gasteiger partial charge < -0.3 is 10.8 Å². The second kappa shape index (κ2) is 2.99. The zero-order chi connectivity index (χ0) is 9.42. The van der Waals surface area contributed by atoms with Crippen molar-refractivity contribution in [1.82, 2.24) is 4.98 Å². The molecule has 0 aliphatic heterocycles. The minimum absolute atomic E-state index is 0.0203. The van der Waals surface area contributed by atoms with Crippen LogP contribution in [0.1, 0.15) is 40.7 Å². The second-order valence-electron chi connectivity index (χ2n) is 3.20. The van der Waals surface area contributed by atoms with Crippen LogP contribution in [0.25, 0.3) is 0 Å². The first-order valence-electron chi connectivity index (χ1n) is 4.18. The molecule has 1 aromatic heterocycles. The predicted octanol–water partition coefficient (Wildman–Crippen LogP) is 1.69. The van der Waals surface area contributed by atoms with E-state index >= 15 is 0 Å². The summed E-state index contributed by atoms with van der Waals surface area (Å²) < 4.78 is 0. The number of carbonyl (C=O) groups is 1. The number of hydrogen-bond acceptors (Lipinski definition) is 4. The molecule has 0 spiro atoms. The van der Waals surface area contributed by atoms with E-state index in [1.54, 1.807) is 0 Å². The topological polar surface area (TPSA) is 76.2 Å². The highest BCUT2D eigenvalue weighted by Gasteiger charge is 2.25. The molecule has 1 aliphatic rings. The molecule has 0 atom stereocenters. The highest BCUT2D eigenvalue weighted by molar-refractivity contribution is 7.16. The van der Waals surface area contributed by atoms with Gasteiger partial charge in [0, 0.05) is 5.92 Å². The Morgan fingerprint density at radius 2 is 2.31 bits per heavy atom. The number of nitrogen functional groups attached to an aromatic ring is 1. The lowest BCUT2D eigenvalue weighted by Crippen LogP contribution is -2.09. The Balaban J connectivity index is 2.28. The Morgan fingerprint density at radius 3 is 2.69 bits per heavy atom. The summed E-state index contributed by atoms with van der Waals surface area (Å²) in [7, 11) is 0. The minimum atomic E-state index is -1.03. The van der Waals surface area contributed by atoms with Gasteiger partial charge in [0.15, 0.2) is 5.69 Å². The zero-order valence-electron chi connectivity index (χ0n) is 6.99. The van der Waals surface area contributed by atoms with E-state index < -0.39 is 5.97 Å². The molecule has 0 bridgehead atoms. The van der Waals surface area contributed by atoms with Gasteiger partial charge in [-0.25, -0.2) is 9.78 Å². The van der Waals surface area contributed by atoms with Crippen LogP contribution in [0.15, 0.2) is 0 Å². The molecule has 1 saturated carbocycles. The third-order valence-corrected chi connectivity index (χ3v) is 3.37. The molecule has 13 heavy (non-hydrogen) atoms. The van der Waals surface area contributed by atoms with Crippen LogP contribution in [0.4, 0.5) is 5.00 Å². The number of thiazole rings is 1. The van der Waals surface area contributed by atoms with Crippen molar-refractivity contribution in [2.24, 2.45) is 0 Å². The van der Waals surface area contributed by atoms with E-state index in [0.717, 1.165) is 17.8 Å². The monoisotopic (exact) mass is 198 g/mol. The molecule has 0 radical (unpaired) electrons. The Bertz CT molecular complexity index is 344. The Morgan fingerprint density at radius 1 is 1.62 bits per heavy atom. The van der Waals surface area contributed by atoms with E-state index in [1.165, 1.54) is 17.8 Å². The molecule has 4 nitrogen and oxygen atoms in total. The Labute approximate surface area is 79.4 Å². The van der Waals surface area contributed by atoms with Gasteiger partial charge in [-0.1, -0.05) is 6.42 Å². The van der Waals surface area contributed by atoms with Crippen LogP contribution in [0.3, 0.4) is 0 Å². The maximum absolute atomic E-state index is 10.6. The molecule has 0 unspecified atom stereocenters. The number of carboxylic acid groups (broad SMARTS) is 1. The molecule has 2 rings (SSSR count). The van der Waals surface area contributed by atoms with Crippen molar-refractivity contribution in [2.45, 2.75) is 25.2 Å². The molecule has 0 saturated heterocycles. The number of rotatable bonds is 2. The van der Waals surface area contributed by atoms with Crippen molar-refractivity contribution in [2.75, 3.05) is 5.73 Å². The summed E-state index contributed by atoms with van der Waals surface area (Å²) in [6, 6.07) is 0. The van der Waals surface area contributed by atoms with Crippen LogP contribution in [0.2, 0.25) is 0 Å². The van der Waals surface area contributed by atoms with Gasteiger partial charge in [-0.05, 0) is 12.8 Å². The summed E-state index contributed by atoms with van der Waals surface area (Å²) in [5, 5.41) is 9.93. The van der Waals surface area contributed by atoms with E-state index in [4.69, 9.17) is 10.8 Å². The largest absolute Gasteiger partial charge is 0.476 e. The summed E-state index contributed by atoms with van der Waals surface area (Å²) in [5.41, 5.74) is 5.55. The first-order valence-corrected chi connectivity index (χ1v) is 4.99. The van der Waals surface area contributed by atoms with Crippen molar-refractivity contribution < 1.29 is 9.90 Å². The van der Waals surface area contributed by atoms with Gasteiger partial charge in [-0.2, -0.15) is 0 Å². The lowest BCUT2D eigenvalue weighted by molar-refractivity contribution is 0.0692. The normalized spacial score (nSPS) is 16.9. The van der Waals surface area contributed by atoms with Crippen molar-refractivity contribution >= 4 is 22.3 Å². The summed E-state index contributed by atoms with van der Waals surface area (Å²) in [5.74, 6) is -0.570. The van der Waals surface area contributed by atoms with Crippen LogP contribution in [-0.4, -0.2) is 16.1 Å². The summed E-state index contributed by atoms with van der Waals surface area (Å²) in [6.07, 6.45) is 3.45. The van der Waals surface area contributed by atoms with Gasteiger partial charge in [0.25, 0.3) is 0 Å². The summed E-state index contributed by atoms with van der Waals surface area (Å²) in [6.45, 7) is 0. The fourth-order valence-electron chi connectivity index (χ4n) is 1.33. The third kappa shape index (κ3) is 1.39. The average molecular weight is 198 g/mol. The van der Waals surface area contributed by atoms with Crippen molar-refractivity contribution in [1.29, 1.82) is 0 Å². The third-order valence-electron chi connectivity index (χ3n) is 2.33. The van der Waals surface area contributed by atoms with E-state index in [2.05, 4.69) is 4.98 Å². The van der Waals surface area contributed by atoms with Crippen molar-refractivity contribution in [3.63, 3.8) is 0 Å². The lowest BCUT2D eigenvalue weighted by atomic mass is 9.86. The van der Waals surface area contributed by atoms with E-state index in [0.29, 0.717) is 10.9 Å². The number of nitrogens with two attached hydrogens (primary N) is 1. The molecule has 70 valence electrons. The molecule has 3 N–H and O–H groups in total. The number of aromatic carboxylic acids is 1. The molecule has 0 aromatic carbocycles. The van der Waals surface area contributed by atoms with Gasteiger partial charge in [-0.15, -0.1) is 11.3 Å². The number of aromatic nitrogens is 1. The van der Waals surface area contributed by atoms with Crippen molar-refractivity contribution in [3.8, 4) is 0 Å². The van der Waals surface area contributed by atoms with E-state index in [1.807, 2.05) is 0 Å².